The van der Waals surface area contributed by atoms with Crippen LogP contribution in [0.5, 0.6) is 0 Å². The maximum absolute atomic E-state index is 10.5. The molecule has 2 aliphatic heterocycles. The third-order valence-corrected chi connectivity index (χ3v) is 5.70. The fraction of sp³-hybridized carbons (Fsp3) is 1.00. The molecule has 0 aliphatic carbocycles. The van der Waals surface area contributed by atoms with E-state index in [1.807, 2.05) is 0 Å². The van der Waals surface area contributed by atoms with Crippen LogP contribution in [0.4, 0.5) is 0 Å². The smallest absolute Gasteiger partial charge is 0.187 e. The molecule has 178 valence electrons. The number of hydrogen-bond acceptors (Lipinski definition) is 10. The van der Waals surface area contributed by atoms with Gasteiger partial charge in [0.1, 0.15) is 42.7 Å². The number of unbranched alkanes of at least 4 members (excludes halogenated alkanes) is 5. The van der Waals surface area contributed by atoms with Crippen molar-refractivity contribution in [2.75, 3.05) is 13.2 Å². The van der Waals surface area contributed by atoms with Gasteiger partial charge in [0.2, 0.25) is 0 Å². The zero-order valence-corrected chi connectivity index (χ0v) is 17.7. The van der Waals surface area contributed by atoms with Crippen molar-refractivity contribution < 1.29 is 49.6 Å². The van der Waals surface area contributed by atoms with Gasteiger partial charge in [-0.05, 0) is 13.3 Å². The second kappa shape index (κ2) is 12.6. The summed E-state index contributed by atoms with van der Waals surface area (Å²) in [6.45, 7) is 3.46. The molecule has 0 aromatic heterocycles. The third kappa shape index (κ3) is 6.55. The second-order valence-electron chi connectivity index (χ2n) is 8.13. The lowest BCUT2D eigenvalue weighted by atomic mass is 9.97. The third-order valence-electron chi connectivity index (χ3n) is 5.70. The highest BCUT2D eigenvalue weighted by Crippen LogP contribution is 2.29. The fourth-order valence-electron chi connectivity index (χ4n) is 3.72. The molecule has 2 fully saturated rings. The molecule has 0 amide bonds. The summed E-state index contributed by atoms with van der Waals surface area (Å²) in [5, 5.41) is 60.4. The van der Waals surface area contributed by atoms with E-state index < -0.39 is 68.0 Å². The highest BCUT2D eigenvalue weighted by atomic mass is 16.7. The quantitative estimate of drug-likeness (QED) is 0.221. The summed E-state index contributed by atoms with van der Waals surface area (Å²) in [6.07, 6.45) is -6.53. The van der Waals surface area contributed by atoms with Crippen molar-refractivity contribution in [3.63, 3.8) is 0 Å². The van der Waals surface area contributed by atoms with Crippen LogP contribution in [0.25, 0.3) is 0 Å². The predicted molar refractivity (Wildman–Crippen MR) is 104 cm³/mol. The molecule has 0 spiro atoms. The highest BCUT2D eigenvalue weighted by Gasteiger charge is 2.50. The van der Waals surface area contributed by atoms with Gasteiger partial charge in [-0.2, -0.15) is 0 Å². The summed E-state index contributed by atoms with van der Waals surface area (Å²) in [5.41, 5.74) is 0. The first-order chi connectivity index (χ1) is 14.3. The van der Waals surface area contributed by atoms with E-state index in [-0.39, 0.29) is 0 Å². The van der Waals surface area contributed by atoms with E-state index in [0.717, 1.165) is 19.3 Å². The van der Waals surface area contributed by atoms with Crippen LogP contribution in [-0.2, 0) is 18.9 Å². The first kappa shape index (κ1) is 25.9. The van der Waals surface area contributed by atoms with Crippen molar-refractivity contribution in [3.05, 3.63) is 0 Å². The Morgan fingerprint density at radius 2 is 1.37 bits per heavy atom. The van der Waals surface area contributed by atoms with Gasteiger partial charge < -0.3 is 49.6 Å². The van der Waals surface area contributed by atoms with Gasteiger partial charge in [0, 0.05) is 6.61 Å². The van der Waals surface area contributed by atoms with Crippen LogP contribution in [0.3, 0.4) is 0 Å². The van der Waals surface area contributed by atoms with Gasteiger partial charge in [-0.1, -0.05) is 39.0 Å². The molecule has 10 nitrogen and oxygen atoms in total. The molecular weight excluding hydrogens is 400 g/mol. The largest absolute Gasteiger partial charge is 0.394 e. The van der Waals surface area contributed by atoms with Crippen LogP contribution < -0.4 is 0 Å². The van der Waals surface area contributed by atoms with Crippen molar-refractivity contribution >= 4 is 0 Å². The molecule has 10 heteroatoms. The summed E-state index contributed by atoms with van der Waals surface area (Å²) in [4.78, 5) is 0. The molecule has 2 heterocycles. The number of ether oxygens (including phenoxy) is 4. The number of hydrogen-bond donors (Lipinski definition) is 6. The maximum Gasteiger partial charge on any atom is 0.187 e. The Morgan fingerprint density at radius 3 is 2.03 bits per heavy atom. The molecule has 10 atom stereocenters. The minimum Gasteiger partial charge on any atom is -0.394 e. The average Bonchev–Trinajstić information content (AvgIpc) is 2.74. The van der Waals surface area contributed by atoms with Gasteiger partial charge in [0.15, 0.2) is 12.6 Å². The molecule has 0 aromatic carbocycles. The van der Waals surface area contributed by atoms with Crippen LogP contribution in [0, 0.1) is 0 Å². The van der Waals surface area contributed by atoms with E-state index in [1.165, 1.54) is 26.2 Å². The molecule has 2 rings (SSSR count). The predicted octanol–water partition coefficient (Wildman–Crippen LogP) is -0.985. The minimum atomic E-state index is -1.58. The Bertz CT molecular complexity index is 479. The molecule has 2 saturated heterocycles. The lowest BCUT2D eigenvalue weighted by Gasteiger charge is -2.45. The van der Waals surface area contributed by atoms with Crippen molar-refractivity contribution in [2.45, 2.75) is 114 Å². The standard InChI is InChI=1S/C20H38O10/c1-3-4-5-6-7-8-9-27-19-17(26)15(24)18(12(10-21)29-19)30-20-16(25)14(23)13(22)11(2)28-20/h11-26H,3-10H2,1-2H3/t11-,12+,13+,14+,15+,16-,17+,18-,19+,20-/m0/s1. The Hall–Kier alpha value is -0.400. The first-order valence-electron chi connectivity index (χ1n) is 10.9. The SMILES string of the molecule is CCCCCCCCO[C@@H]1O[C@H](CO)[C@H](O[C@@H]2O[C@@H](C)[C@@H](O)[C@@H](O)[C@@H]2O)[C@H](O)[C@H]1O. The minimum absolute atomic E-state index is 0.344. The van der Waals surface area contributed by atoms with E-state index in [2.05, 4.69) is 6.92 Å². The van der Waals surface area contributed by atoms with E-state index in [4.69, 9.17) is 18.9 Å². The summed E-state index contributed by atoms with van der Waals surface area (Å²) >= 11 is 0. The zero-order chi connectivity index (χ0) is 22.3. The molecule has 30 heavy (non-hydrogen) atoms. The van der Waals surface area contributed by atoms with Crippen LogP contribution >= 0.6 is 0 Å². The molecule has 0 aromatic rings. The first-order valence-corrected chi connectivity index (χ1v) is 10.9. The van der Waals surface area contributed by atoms with Crippen LogP contribution in [0.1, 0.15) is 52.4 Å². The fourth-order valence-corrected chi connectivity index (χ4v) is 3.72. The van der Waals surface area contributed by atoms with Gasteiger partial charge in [0.05, 0.1) is 12.7 Å². The van der Waals surface area contributed by atoms with Crippen molar-refractivity contribution in [1.82, 2.24) is 0 Å². The monoisotopic (exact) mass is 438 g/mol. The van der Waals surface area contributed by atoms with Crippen molar-refractivity contribution in [3.8, 4) is 0 Å². The molecule has 6 N–H and O–H groups in total. The van der Waals surface area contributed by atoms with E-state index in [9.17, 15) is 30.6 Å². The van der Waals surface area contributed by atoms with Crippen LogP contribution in [0.15, 0.2) is 0 Å². The van der Waals surface area contributed by atoms with E-state index in [1.54, 1.807) is 0 Å². The summed E-state index contributed by atoms with van der Waals surface area (Å²) in [7, 11) is 0. The molecule has 0 saturated carbocycles. The summed E-state index contributed by atoms with van der Waals surface area (Å²) in [5.74, 6) is 0. The molecule has 0 radical (unpaired) electrons. The molecule has 0 bridgehead atoms. The Morgan fingerprint density at radius 1 is 0.733 bits per heavy atom. The Labute approximate surface area is 177 Å². The van der Waals surface area contributed by atoms with Gasteiger partial charge in [-0.3, -0.25) is 0 Å². The van der Waals surface area contributed by atoms with E-state index in [0.29, 0.717) is 6.61 Å². The molecular formula is C20H38O10. The second-order valence-corrected chi connectivity index (χ2v) is 8.13. The van der Waals surface area contributed by atoms with Gasteiger partial charge >= 0.3 is 0 Å². The number of aliphatic hydroxyl groups excluding tert-OH is 6. The van der Waals surface area contributed by atoms with Crippen molar-refractivity contribution in [1.29, 1.82) is 0 Å². The summed E-state index contributed by atoms with van der Waals surface area (Å²) in [6, 6.07) is 0. The topological polar surface area (TPSA) is 158 Å². The van der Waals surface area contributed by atoms with Gasteiger partial charge in [0.25, 0.3) is 0 Å². The van der Waals surface area contributed by atoms with E-state index >= 15 is 0 Å². The van der Waals surface area contributed by atoms with Crippen LogP contribution in [-0.4, -0.2) is 105 Å². The highest BCUT2D eigenvalue weighted by molar-refractivity contribution is 4.93. The van der Waals surface area contributed by atoms with Gasteiger partial charge in [-0.15, -0.1) is 0 Å². The molecule has 0 unspecified atom stereocenters. The lowest BCUT2D eigenvalue weighted by Crippen LogP contribution is -2.64. The maximum atomic E-state index is 10.5. The summed E-state index contributed by atoms with van der Waals surface area (Å²) < 4.78 is 22.0. The zero-order valence-electron chi connectivity index (χ0n) is 17.7. The normalized spacial score (nSPS) is 42.4. The lowest BCUT2D eigenvalue weighted by molar-refractivity contribution is -0.356. The average molecular weight is 439 g/mol. The Balaban J connectivity index is 1.87. The van der Waals surface area contributed by atoms with Gasteiger partial charge in [-0.25, -0.2) is 0 Å². The molecule has 2 aliphatic rings. The van der Waals surface area contributed by atoms with Crippen LogP contribution in [0.2, 0.25) is 0 Å². The van der Waals surface area contributed by atoms with Crippen molar-refractivity contribution in [2.24, 2.45) is 0 Å². The Kier molecular flexibility index (Phi) is 10.9. The number of aliphatic hydroxyl groups is 6. The number of rotatable bonds is 11.